The van der Waals surface area contributed by atoms with Crippen LogP contribution in [0.1, 0.15) is 33.3 Å². The number of amides is 2. The Labute approximate surface area is 213 Å². The van der Waals surface area contributed by atoms with Crippen molar-refractivity contribution < 1.29 is 19.5 Å². The first-order valence-corrected chi connectivity index (χ1v) is 11.9. The molecule has 0 atom stereocenters. The van der Waals surface area contributed by atoms with E-state index in [2.05, 4.69) is 4.98 Å². The molecule has 8 heteroatoms. The van der Waals surface area contributed by atoms with Gasteiger partial charge in [0.05, 0.1) is 18.3 Å². The molecule has 2 amide bonds. The first-order chi connectivity index (χ1) is 18.0. The van der Waals surface area contributed by atoms with E-state index in [1.54, 1.807) is 41.8 Å². The van der Waals surface area contributed by atoms with E-state index in [4.69, 9.17) is 14.9 Å². The molecule has 8 nitrogen and oxygen atoms in total. The number of hydrogen-bond donors (Lipinski definition) is 3. The van der Waals surface area contributed by atoms with Gasteiger partial charge in [-0.3, -0.25) is 14.8 Å². The molecule has 0 saturated heterocycles. The smallest absolute Gasteiger partial charge is 0.274 e. The van der Waals surface area contributed by atoms with Crippen molar-refractivity contribution in [1.29, 1.82) is 0 Å². The number of nitrogens with one attached hydrogen (secondary N) is 2. The predicted molar refractivity (Wildman–Crippen MR) is 142 cm³/mol. The minimum Gasteiger partial charge on any atom is -0.496 e. The van der Waals surface area contributed by atoms with Gasteiger partial charge >= 0.3 is 0 Å². The minimum atomic E-state index is -0.588. The molecule has 0 radical (unpaired) electrons. The van der Waals surface area contributed by atoms with E-state index in [1.807, 2.05) is 61.5 Å². The highest BCUT2D eigenvalue weighted by atomic mass is 16.5. The Morgan fingerprint density at radius 1 is 1.00 bits per heavy atom. The molecule has 0 fully saturated rings. The summed E-state index contributed by atoms with van der Waals surface area (Å²) in [6, 6.07) is 24.2. The zero-order chi connectivity index (χ0) is 25.9. The van der Waals surface area contributed by atoms with Gasteiger partial charge in [0, 0.05) is 40.5 Å². The zero-order valence-corrected chi connectivity index (χ0v) is 20.5. The molecular formula is C29H26N4O4. The summed E-state index contributed by atoms with van der Waals surface area (Å²) >= 11 is 0. The van der Waals surface area contributed by atoms with E-state index in [-0.39, 0.29) is 5.91 Å². The molecule has 0 unspecified atom stereocenters. The number of aromatic amines is 1. The van der Waals surface area contributed by atoms with Crippen molar-refractivity contribution in [1.82, 2.24) is 20.3 Å². The number of para-hydroxylation sites is 2. The summed E-state index contributed by atoms with van der Waals surface area (Å²) in [5.74, 6) is -0.128. The maximum absolute atomic E-state index is 13.8. The van der Waals surface area contributed by atoms with Crippen molar-refractivity contribution in [2.75, 3.05) is 13.7 Å². The van der Waals surface area contributed by atoms with Crippen molar-refractivity contribution >= 4 is 33.6 Å². The fraction of sp³-hybridized carbons (Fsp3) is 0.138. The summed E-state index contributed by atoms with van der Waals surface area (Å²) in [7, 11) is 1.62. The topological polar surface area (TPSA) is 108 Å². The van der Waals surface area contributed by atoms with Crippen molar-refractivity contribution in [3.63, 3.8) is 0 Å². The van der Waals surface area contributed by atoms with E-state index in [1.165, 1.54) is 0 Å². The van der Waals surface area contributed by atoms with E-state index in [0.717, 1.165) is 32.9 Å². The monoisotopic (exact) mass is 494 g/mol. The molecule has 0 aliphatic carbocycles. The Morgan fingerprint density at radius 3 is 2.46 bits per heavy atom. The third-order valence-corrected chi connectivity index (χ3v) is 6.44. The Hall–Kier alpha value is -4.69. The van der Waals surface area contributed by atoms with Crippen LogP contribution in [0.5, 0.6) is 5.75 Å². The maximum Gasteiger partial charge on any atom is 0.274 e. The number of hydrogen-bond acceptors (Lipinski definition) is 5. The molecule has 37 heavy (non-hydrogen) atoms. The number of benzene rings is 3. The summed E-state index contributed by atoms with van der Waals surface area (Å²) < 4.78 is 5.61. The number of carbonyl (C=O) groups excluding carboxylic acids is 2. The molecule has 5 rings (SSSR count). The van der Waals surface area contributed by atoms with Crippen molar-refractivity contribution in [3.05, 3.63) is 95.7 Å². The van der Waals surface area contributed by atoms with Crippen LogP contribution in [0.3, 0.4) is 0 Å². The van der Waals surface area contributed by atoms with Crippen LogP contribution < -0.4 is 10.2 Å². The van der Waals surface area contributed by atoms with Crippen LogP contribution >= 0.6 is 0 Å². The van der Waals surface area contributed by atoms with Gasteiger partial charge in [0.2, 0.25) is 0 Å². The average Bonchev–Trinajstić information content (AvgIpc) is 3.33. The van der Waals surface area contributed by atoms with Gasteiger partial charge in [0.15, 0.2) is 0 Å². The zero-order valence-electron chi connectivity index (χ0n) is 20.5. The number of aromatic nitrogens is 2. The molecule has 5 aromatic rings. The van der Waals surface area contributed by atoms with Crippen LogP contribution in [-0.2, 0) is 6.54 Å². The number of ether oxygens (including phenoxy) is 1. The Kier molecular flexibility index (Phi) is 6.57. The molecule has 0 aliphatic heterocycles. The lowest BCUT2D eigenvalue weighted by molar-refractivity contribution is 0.0705. The lowest BCUT2D eigenvalue weighted by Crippen LogP contribution is -2.31. The highest BCUT2D eigenvalue weighted by molar-refractivity contribution is 6.13. The van der Waals surface area contributed by atoms with Crippen LogP contribution in [-0.4, -0.2) is 45.5 Å². The lowest BCUT2D eigenvalue weighted by atomic mass is 10.0. The van der Waals surface area contributed by atoms with Gasteiger partial charge < -0.3 is 14.6 Å². The Balaban J connectivity index is 1.59. The van der Waals surface area contributed by atoms with E-state index in [0.29, 0.717) is 35.8 Å². The number of pyridine rings is 1. The van der Waals surface area contributed by atoms with Gasteiger partial charge in [0.25, 0.3) is 11.8 Å². The van der Waals surface area contributed by atoms with Crippen molar-refractivity contribution in [2.45, 2.75) is 13.5 Å². The number of fused-ring (bicyclic) bond motifs is 3. The highest BCUT2D eigenvalue weighted by Gasteiger charge is 2.22. The van der Waals surface area contributed by atoms with E-state index >= 15 is 0 Å². The Bertz CT molecular complexity index is 1610. The first kappa shape index (κ1) is 24.0. The first-order valence-electron chi connectivity index (χ1n) is 11.9. The lowest BCUT2D eigenvalue weighted by Gasteiger charge is -2.21. The van der Waals surface area contributed by atoms with Crippen LogP contribution in [0.2, 0.25) is 0 Å². The third-order valence-electron chi connectivity index (χ3n) is 6.44. The number of nitrogens with zero attached hydrogens (tertiary/aromatic N) is 2. The normalized spacial score (nSPS) is 11.0. The van der Waals surface area contributed by atoms with Crippen LogP contribution in [0, 0.1) is 0 Å². The molecular weight excluding hydrogens is 468 g/mol. The van der Waals surface area contributed by atoms with Gasteiger partial charge in [0.1, 0.15) is 11.4 Å². The summed E-state index contributed by atoms with van der Waals surface area (Å²) in [5.41, 5.74) is 6.35. The molecule has 0 spiro atoms. The number of methoxy groups -OCH3 is 1. The summed E-state index contributed by atoms with van der Waals surface area (Å²) in [6.45, 7) is 2.72. The SMILES string of the molecule is CCN(Cc1ccc(C(=O)NO)cc1)C(=O)c1cc2c([nH]c3ccccc32)c(-c2ccccc2OC)n1. The van der Waals surface area contributed by atoms with Crippen LogP contribution in [0.15, 0.2) is 78.9 Å². The molecule has 0 saturated carbocycles. The second-order valence-electron chi connectivity index (χ2n) is 8.61. The average molecular weight is 495 g/mol. The third kappa shape index (κ3) is 4.50. The standard InChI is InChI=1S/C29H26N4O4/c1-3-33(17-18-12-14-19(15-13-18)28(34)32-36)29(35)24-16-22-20-8-4-6-10-23(20)30-27(22)26(31-24)21-9-5-7-11-25(21)37-2/h4-16,30,36H,3,17H2,1-2H3,(H,32,34). The predicted octanol–water partition coefficient (Wildman–Crippen LogP) is 5.17. The number of rotatable bonds is 7. The largest absolute Gasteiger partial charge is 0.496 e. The second kappa shape index (κ2) is 10.1. The number of H-pyrrole nitrogens is 1. The van der Waals surface area contributed by atoms with Crippen LogP contribution in [0.4, 0.5) is 0 Å². The number of hydroxylamine groups is 1. The molecule has 186 valence electrons. The summed E-state index contributed by atoms with van der Waals surface area (Å²) in [5, 5.41) is 10.7. The molecule has 0 aliphatic rings. The molecule has 3 aromatic carbocycles. The van der Waals surface area contributed by atoms with E-state index < -0.39 is 5.91 Å². The summed E-state index contributed by atoms with van der Waals surface area (Å²) in [4.78, 5) is 35.4. The van der Waals surface area contributed by atoms with Gasteiger partial charge in [-0.05, 0) is 48.9 Å². The summed E-state index contributed by atoms with van der Waals surface area (Å²) in [6.07, 6.45) is 0. The maximum atomic E-state index is 13.8. The van der Waals surface area contributed by atoms with Gasteiger partial charge in [-0.15, -0.1) is 0 Å². The van der Waals surface area contributed by atoms with Crippen molar-refractivity contribution in [3.8, 4) is 17.0 Å². The van der Waals surface area contributed by atoms with Gasteiger partial charge in [-0.25, -0.2) is 10.5 Å². The molecule has 0 bridgehead atoms. The molecule has 2 heterocycles. The number of carbonyl (C=O) groups is 2. The van der Waals surface area contributed by atoms with Crippen LogP contribution in [0.25, 0.3) is 33.1 Å². The van der Waals surface area contributed by atoms with Gasteiger partial charge in [-0.2, -0.15) is 0 Å². The fourth-order valence-corrected chi connectivity index (χ4v) is 4.53. The van der Waals surface area contributed by atoms with E-state index in [9.17, 15) is 9.59 Å². The highest BCUT2D eigenvalue weighted by Crippen LogP contribution is 2.36. The molecule has 2 aromatic heterocycles. The quantitative estimate of drug-likeness (QED) is 0.214. The van der Waals surface area contributed by atoms with Gasteiger partial charge in [-0.1, -0.05) is 42.5 Å². The van der Waals surface area contributed by atoms with Crippen molar-refractivity contribution in [2.24, 2.45) is 0 Å². The fourth-order valence-electron chi connectivity index (χ4n) is 4.53. The molecule has 3 N–H and O–H groups in total. The second-order valence-corrected chi connectivity index (χ2v) is 8.61. The minimum absolute atomic E-state index is 0.206. The Morgan fingerprint density at radius 2 is 1.73 bits per heavy atom.